The van der Waals surface area contributed by atoms with Crippen molar-refractivity contribution in [3.63, 3.8) is 0 Å². The van der Waals surface area contributed by atoms with Gasteiger partial charge in [0.15, 0.2) is 0 Å². The third-order valence-electron chi connectivity index (χ3n) is 3.14. The highest BCUT2D eigenvalue weighted by Gasteiger charge is 2.12. The van der Waals surface area contributed by atoms with E-state index in [0.717, 1.165) is 5.92 Å². The zero-order valence-electron chi connectivity index (χ0n) is 8.78. The van der Waals surface area contributed by atoms with E-state index in [1.54, 1.807) is 0 Å². The molecule has 1 aliphatic rings. The standard InChI is InChI=1S/C14H19/c1-2-5-9-13(8-4-1)12-14-10-6-3-7-11-14/h3-4,6-7,10-11,13H,1-2,5,8-9,12H2. The Morgan fingerprint density at radius 1 is 1.07 bits per heavy atom. The zero-order valence-corrected chi connectivity index (χ0v) is 8.78. The highest BCUT2D eigenvalue weighted by Crippen LogP contribution is 2.25. The van der Waals surface area contributed by atoms with Gasteiger partial charge in [0.2, 0.25) is 0 Å². The molecule has 0 heterocycles. The van der Waals surface area contributed by atoms with E-state index in [4.69, 9.17) is 0 Å². The van der Waals surface area contributed by atoms with Crippen LogP contribution in [0.15, 0.2) is 30.3 Å². The fourth-order valence-electron chi connectivity index (χ4n) is 2.33. The lowest BCUT2D eigenvalue weighted by Gasteiger charge is -2.13. The van der Waals surface area contributed by atoms with E-state index in [0.29, 0.717) is 0 Å². The van der Waals surface area contributed by atoms with Gasteiger partial charge in [-0.05, 0) is 30.7 Å². The highest BCUT2D eigenvalue weighted by atomic mass is 14.2. The van der Waals surface area contributed by atoms with Crippen molar-refractivity contribution < 1.29 is 0 Å². The zero-order chi connectivity index (χ0) is 9.64. The Bertz CT molecular complexity index is 242. The molecule has 0 aliphatic heterocycles. The lowest BCUT2D eigenvalue weighted by molar-refractivity contribution is 0.481. The molecule has 0 N–H and O–H groups in total. The second-order valence-corrected chi connectivity index (χ2v) is 4.36. The molecule has 1 unspecified atom stereocenters. The van der Waals surface area contributed by atoms with E-state index < -0.39 is 0 Å². The third-order valence-corrected chi connectivity index (χ3v) is 3.14. The van der Waals surface area contributed by atoms with Crippen molar-refractivity contribution in [1.82, 2.24) is 0 Å². The maximum atomic E-state index is 2.49. The van der Waals surface area contributed by atoms with Crippen LogP contribution in [-0.2, 0) is 6.42 Å². The minimum Gasteiger partial charge on any atom is -0.0622 e. The monoisotopic (exact) mass is 187 g/mol. The molecule has 1 saturated carbocycles. The minimum atomic E-state index is 0.903. The van der Waals surface area contributed by atoms with E-state index in [1.807, 2.05) is 0 Å². The SMILES string of the molecule is [CH]1CCCCC(Cc2ccccc2)C1. The van der Waals surface area contributed by atoms with Gasteiger partial charge in [0.05, 0.1) is 0 Å². The van der Waals surface area contributed by atoms with Gasteiger partial charge in [-0.2, -0.15) is 0 Å². The quantitative estimate of drug-likeness (QED) is 0.614. The van der Waals surface area contributed by atoms with Crippen LogP contribution in [0.5, 0.6) is 0 Å². The van der Waals surface area contributed by atoms with Gasteiger partial charge in [0.1, 0.15) is 0 Å². The molecule has 1 aliphatic carbocycles. The second kappa shape index (κ2) is 5.19. The first-order valence-electron chi connectivity index (χ1n) is 5.81. The van der Waals surface area contributed by atoms with E-state index in [-0.39, 0.29) is 0 Å². The maximum Gasteiger partial charge on any atom is -0.0250 e. The van der Waals surface area contributed by atoms with Gasteiger partial charge < -0.3 is 0 Å². The fraction of sp³-hybridized carbons (Fsp3) is 0.500. The van der Waals surface area contributed by atoms with Crippen molar-refractivity contribution in [1.29, 1.82) is 0 Å². The van der Waals surface area contributed by atoms with Gasteiger partial charge in [-0.15, -0.1) is 0 Å². The van der Waals surface area contributed by atoms with Crippen LogP contribution in [-0.4, -0.2) is 0 Å². The molecule has 1 aromatic carbocycles. The topological polar surface area (TPSA) is 0 Å². The molecule has 75 valence electrons. The normalized spacial score (nSPS) is 19.1. The molecule has 0 nitrogen and oxygen atoms in total. The largest absolute Gasteiger partial charge is 0.0622 e. The molecule has 0 bridgehead atoms. The molecular weight excluding hydrogens is 168 g/mol. The van der Waals surface area contributed by atoms with E-state index in [2.05, 4.69) is 36.8 Å². The summed E-state index contributed by atoms with van der Waals surface area (Å²) in [5.41, 5.74) is 1.51. The molecule has 0 aromatic heterocycles. The number of hydrogen-bond donors (Lipinski definition) is 0. The number of rotatable bonds is 2. The van der Waals surface area contributed by atoms with Crippen molar-refractivity contribution in [2.45, 2.75) is 38.5 Å². The second-order valence-electron chi connectivity index (χ2n) is 4.36. The Balaban J connectivity index is 1.90. The number of benzene rings is 1. The van der Waals surface area contributed by atoms with Crippen LogP contribution in [0, 0.1) is 12.3 Å². The summed E-state index contributed by atoms with van der Waals surface area (Å²) in [6, 6.07) is 10.9. The first-order valence-corrected chi connectivity index (χ1v) is 5.81. The summed E-state index contributed by atoms with van der Waals surface area (Å²) >= 11 is 0. The Morgan fingerprint density at radius 2 is 1.93 bits per heavy atom. The fourth-order valence-corrected chi connectivity index (χ4v) is 2.33. The van der Waals surface area contributed by atoms with E-state index in [9.17, 15) is 0 Å². The van der Waals surface area contributed by atoms with Gasteiger partial charge in [-0.25, -0.2) is 0 Å². The predicted molar refractivity (Wildman–Crippen MR) is 61.0 cm³/mol. The average molecular weight is 187 g/mol. The maximum absolute atomic E-state index is 2.49. The Labute approximate surface area is 87.3 Å². The summed E-state index contributed by atoms with van der Waals surface area (Å²) < 4.78 is 0. The lowest BCUT2D eigenvalue weighted by Crippen LogP contribution is -2.02. The molecule has 1 atom stereocenters. The molecule has 0 amide bonds. The first kappa shape index (κ1) is 9.76. The van der Waals surface area contributed by atoms with Crippen LogP contribution in [0.2, 0.25) is 0 Å². The summed E-state index contributed by atoms with van der Waals surface area (Å²) in [7, 11) is 0. The molecule has 0 saturated heterocycles. The van der Waals surface area contributed by atoms with E-state index >= 15 is 0 Å². The Hall–Kier alpha value is -0.780. The first-order chi connectivity index (χ1) is 6.95. The van der Waals surface area contributed by atoms with Gasteiger partial charge in [-0.1, -0.05) is 56.0 Å². The lowest BCUT2D eigenvalue weighted by atomic mass is 9.93. The predicted octanol–water partition coefficient (Wildman–Crippen LogP) is 4.01. The molecule has 2 rings (SSSR count). The van der Waals surface area contributed by atoms with Gasteiger partial charge in [-0.3, -0.25) is 0 Å². The molecule has 0 heteroatoms. The molecule has 1 fully saturated rings. The van der Waals surface area contributed by atoms with Crippen LogP contribution in [0.1, 0.15) is 37.7 Å². The highest BCUT2D eigenvalue weighted by molar-refractivity contribution is 5.15. The van der Waals surface area contributed by atoms with Gasteiger partial charge in [0.25, 0.3) is 0 Å². The van der Waals surface area contributed by atoms with Crippen LogP contribution in [0.4, 0.5) is 0 Å². The summed E-state index contributed by atoms with van der Waals surface area (Å²) in [4.78, 5) is 0. The Kier molecular flexibility index (Phi) is 3.62. The molecular formula is C14H19. The van der Waals surface area contributed by atoms with Gasteiger partial charge >= 0.3 is 0 Å². The minimum absolute atomic E-state index is 0.903. The summed E-state index contributed by atoms with van der Waals surface area (Å²) in [5.74, 6) is 0.903. The molecule has 0 spiro atoms. The molecule has 1 radical (unpaired) electrons. The summed E-state index contributed by atoms with van der Waals surface area (Å²) in [6.45, 7) is 0. The number of hydrogen-bond acceptors (Lipinski definition) is 0. The summed E-state index contributed by atoms with van der Waals surface area (Å²) in [6.07, 6.45) is 10.7. The van der Waals surface area contributed by atoms with Crippen molar-refractivity contribution >= 4 is 0 Å². The van der Waals surface area contributed by atoms with Gasteiger partial charge in [0, 0.05) is 0 Å². The van der Waals surface area contributed by atoms with Crippen LogP contribution in [0.3, 0.4) is 0 Å². The molecule has 14 heavy (non-hydrogen) atoms. The van der Waals surface area contributed by atoms with Crippen molar-refractivity contribution in [2.24, 2.45) is 5.92 Å². The van der Waals surface area contributed by atoms with Crippen molar-refractivity contribution in [2.75, 3.05) is 0 Å². The molecule has 1 aromatic rings. The van der Waals surface area contributed by atoms with Crippen LogP contribution >= 0.6 is 0 Å². The smallest absolute Gasteiger partial charge is 0.0250 e. The van der Waals surface area contributed by atoms with Crippen molar-refractivity contribution in [3.8, 4) is 0 Å². The van der Waals surface area contributed by atoms with Crippen molar-refractivity contribution in [3.05, 3.63) is 42.3 Å². The van der Waals surface area contributed by atoms with Crippen LogP contribution in [0.25, 0.3) is 0 Å². The van der Waals surface area contributed by atoms with E-state index in [1.165, 1.54) is 44.1 Å². The summed E-state index contributed by atoms with van der Waals surface area (Å²) in [5, 5.41) is 0. The Morgan fingerprint density at radius 3 is 2.79 bits per heavy atom. The third kappa shape index (κ3) is 2.87. The van der Waals surface area contributed by atoms with Crippen LogP contribution < -0.4 is 0 Å². The average Bonchev–Trinajstić information content (AvgIpc) is 2.48.